The average molecular weight is 382 g/mol. The predicted molar refractivity (Wildman–Crippen MR) is 108 cm³/mol. The van der Waals surface area contributed by atoms with Gasteiger partial charge in [-0.1, -0.05) is 30.3 Å². The van der Waals surface area contributed by atoms with Gasteiger partial charge in [0.15, 0.2) is 0 Å². The van der Waals surface area contributed by atoms with Gasteiger partial charge >= 0.3 is 0 Å². The van der Waals surface area contributed by atoms with Crippen LogP contribution in [0.3, 0.4) is 0 Å². The highest BCUT2D eigenvalue weighted by molar-refractivity contribution is 7.85. The van der Waals surface area contributed by atoms with Gasteiger partial charge in [-0.15, -0.1) is 0 Å². The molecular weight excluding hydrogens is 360 g/mol. The molecule has 27 heavy (non-hydrogen) atoms. The van der Waals surface area contributed by atoms with Crippen molar-refractivity contribution in [3.8, 4) is 0 Å². The molecule has 0 heterocycles. The standard InChI is InChI=1S/C21H22N2O3S/c1-13-14(2)20(27(24,25)26)12-11-19(13)21(15-3-7-17(22)8-4-15)16-5-9-18(23)10-6-16/h3-12,21H,22-23H2,1-2H3,(H,24,25,26). The van der Waals surface area contributed by atoms with Crippen LogP contribution in [-0.2, 0) is 10.1 Å². The van der Waals surface area contributed by atoms with Crippen molar-refractivity contribution in [2.45, 2.75) is 24.7 Å². The zero-order valence-electron chi connectivity index (χ0n) is 15.2. The van der Waals surface area contributed by atoms with Gasteiger partial charge in [0.25, 0.3) is 10.1 Å². The van der Waals surface area contributed by atoms with E-state index >= 15 is 0 Å². The minimum Gasteiger partial charge on any atom is -0.399 e. The molecule has 0 spiro atoms. The Labute approximate surface area is 159 Å². The molecule has 0 aromatic heterocycles. The van der Waals surface area contributed by atoms with Gasteiger partial charge in [0.1, 0.15) is 0 Å². The van der Waals surface area contributed by atoms with Crippen molar-refractivity contribution in [2.75, 3.05) is 11.5 Å². The Bertz CT molecular complexity index is 1030. The van der Waals surface area contributed by atoms with Crippen LogP contribution in [0.4, 0.5) is 11.4 Å². The van der Waals surface area contributed by atoms with Crippen LogP contribution in [-0.4, -0.2) is 13.0 Å². The molecule has 0 bridgehead atoms. The highest BCUT2D eigenvalue weighted by Crippen LogP contribution is 2.36. The van der Waals surface area contributed by atoms with Gasteiger partial charge in [-0.3, -0.25) is 4.55 Å². The molecule has 0 unspecified atom stereocenters. The van der Waals surface area contributed by atoms with E-state index < -0.39 is 10.1 Å². The number of nitrogen functional groups attached to an aromatic ring is 2. The Balaban J connectivity index is 2.24. The van der Waals surface area contributed by atoms with Gasteiger partial charge in [0.2, 0.25) is 0 Å². The fraction of sp³-hybridized carbons (Fsp3) is 0.143. The highest BCUT2D eigenvalue weighted by Gasteiger charge is 2.23. The van der Waals surface area contributed by atoms with Crippen LogP contribution in [0, 0.1) is 13.8 Å². The largest absolute Gasteiger partial charge is 0.399 e. The summed E-state index contributed by atoms with van der Waals surface area (Å²) in [6, 6.07) is 18.4. The third kappa shape index (κ3) is 3.82. The van der Waals surface area contributed by atoms with Gasteiger partial charge in [-0.25, -0.2) is 0 Å². The van der Waals surface area contributed by atoms with Crippen molar-refractivity contribution in [1.29, 1.82) is 0 Å². The van der Waals surface area contributed by atoms with E-state index in [0.717, 1.165) is 22.3 Å². The lowest BCUT2D eigenvalue weighted by atomic mass is 9.82. The maximum atomic E-state index is 11.6. The molecule has 3 rings (SSSR count). The summed E-state index contributed by atoms with van der Waals surface area (Å²) < 4.78 is 32.7. The Morgan fingerprint density at radius 2 is 1.19 bits per heavy atom. The minimum atomic E-state index is -4.27. The summed E-state index contributed by atoms with van der Waals surface area (Å²) in [5, 5.41) is 0. The number of anilines is 2. The van der Waals surface area contributed by atoms with Gasteiger partial charge in [0.05, 0.1) is 4.90 Å². The van der Waals surface area contributed by atoms with Gasteiger partial charge < -0.3 is 11.5 Å². The van der Waals surface area contributed by atoms with Crippen molar-refractivity contribution in [3.05, 3.63) is 88.5 Å². The smallest absolute Gasteiger partial charge is 0.294 e. The second-order valence-electron chi connectivity index (χ2n) is 6.64. The molecule has 3 aromatic carbocycles. The molecule has 3 aromatic rings. The maximum absolute atomic E-state index is 11.6. The van der Waals surface area contributed by atoms with E-state index in [9.17, 15) is 13.0 Å². The van der Waals surface area contributed by atoms with E-state index in [0.29, 0.717) is 16.9 Å². The molecule has 0 radical (unpaired) electrons. The monoisotopic (exact) mass is 382 g/mol. The molecule has 6 heteroatoms. The molecule has 0 aliphatic carbocycles. The van der Waals surface area contributed by atoms with Gasteiger partial charge in [0, 0.05) is 17.3 Å². The van der Waals surface area contributed by atoms with E-state index in [2.05, 4.69) is 0 Å². The molecule has 5 N–H and O–H groups in total. The molecule has 0 saturated heterocycles. The first-order valence-electron chi connectivity index (χ1n) is 8.47. The van der Waals surface area contributed by atoms with Crippen molar-refractivity contribution in [3.63, 3.8) is 0 Å². The first-order valence-corrected chi connectivity index (χ1v) is 9.91. The third-order valence-electron chi connectivity index (χ3n) is 4.91. The van der Waals surface area contributed by atoms with Crippen LogP contribution >= 0.6 is 0 Å². The van der Waals surface area contributed by atoms with Crippen molar-refractivity contribution < 1.29 is 13.0 Å². The van der Waals surface area contributed by atoms with E-state index in [1.807, 2.05) is 55.5 Å². The number of hydrogen-bond acceptors (Lipinski definition) is 4. The second-order valence-corrected chi connectivity index (χ2v) is 8.03. The summed E-state index contributed by atoms with van der Waals surface area (Å²) in [4.78, 5) is -0.0721. The number of hydrogen-bond donors (Lipinski definition) is 3. The summed E-state index contributed by atoms with van der Waals surface area (Å²) in [5.41, 5.74) is 17.4. The van der Waals surface area contributed by atoms with Crippen LogP contribution in [0.5, 0.6) is 0 Å². The van der Waals surface area contributed by atoms with Crippen LogP contribution < -0.4 is 11.5 Å². The van der Waals surface area contributed by atoms with E-state index in [1.54, 1.807) is 13.0 Å². The molecule has 0 atom stereocenters. The van der Waals surface area contributed by atoms with Crippen molar-refractivity contribution in [2.24, 2.45) is 0 Å². The normalized spacial score (nSPS) is 11.7. The molecule has 140 valence electrons. The summed E-state index contributed by atoms with van der Waals surface area (Å²) in [6.45, 7) is 3.56. The molecule has 0 fully saturated rings. The Kier molecular flexibility index (Phi) is 4.95. The topological polar surface area (TPSA) is 106 Å². The Morgan fingerprint density at radius 3 is 1.59 bits per heavy atom. The fourth-order valence-corrected chi connectivity index (χ4v) is 4.12. The van der Waals surface area contributed by atoms with Crippen LogP contribution in [0.2, 0.25) is 0 Å². The summed E-state index contributed by atoms with van der Waals surface area (Å²) >= 11 is 0. The summed E-state index contributed by atoms with van der Waals surface area (Å²) in [5.74, 6) is -0.125. The lowest BCUT2D eigenvalue weighted by molar-refractivity contribution is 0.482. The van der Waals surface area contributed by atoms with Crippen LogP contribution in [0.15, 0.2) is 65.6 Å². The number of nitrogens with two attached hydrogens (primary N) is 2. The average Bonchev–Trinajstić information content (AvgIpc) is 2.61. The van der Waals surface area contributed by atoms with Gasteiger partial charge in [-0.05, 0) is 72.0 Å². The minimum absolute atomic E-state index is 0.0721. The lowest BCUT2D eigenvalue weighted by Crippen LogP contribution is -2.09. The third-order valence-corrected chi connectivity index (χ3v) is 5.91. The zero-order chi connectivity index (χ0) is 19.8. The highest BCUT2D eigenvalue weighted by atomic mass is 32.2. The molecule has 0 saturated carbocycles. The van der Waals surface area contributed by atoms with Crippen LogP contribution in [0.1, 0.15) is 33.7 Å². The molecule has 5 nitrogen and oxygen atoms in total. The second kappa shape index (κ2) is 7.06. The maximum Gasteiger partial charge on any atom is 0.294 e. The summed E-state index contributed by atoms with van der Waals surface area (Å²) in [6.07, 6.45) is 0. The van der Waals surface area contributed by atoms with E-state index in [-0.39, 0.29) is 10.8 Å². The van der Waals surface area contributed by atoms with Crippen LogP contribution in [0.25, 0.3) is 0 Å². The van der Waals surface area contributed by atoms with Crippen molar-refractivity contribution in [1.82, 2.24) is 0 Å². The first kappa shape index (κ1) is 18.9. The molecule has 0 aliphatic rings. The fourth-order valence-electron chi connectivity index (χ4n) is 3.34. The predicted octanol–water partition coefficient (Wildman–Crippen LogP) is 3.89. The SMILES string of the molecule is Cc1c(C(c2ccc(N)cc2)c2ccc(N)cc2)ccc(S(=O)(=O)O)c1C. The first-order chi connectivity index (χ1) is 12.7. The molecular formula is C21H22N2O3S. The summed E-state index contributed by atoms with van der Waals surface area (Å²) in [7, 11) is -4.27. The Hall–Kier alpha value is -2.83. The number of benzene rings is 3. The zero-order valence-corrected chi connectivity index (χ0v) is 16.0. The lowest BCUT2D eigenvalue weighted by Gasteiger charge is -2.23. The van der Waals surface area contributed by atoms with Crippen molar-refractivity contribution >= 4 is 21.5 Å². The van der Waals surface area contributed by atoms with Gasteiger partial charge in [-0.2, -0.15) is 8.42 Å². The van der Waals surface area contributed by atoms with E-state index in [4.69, 9.17) is 11.5 Å². The molecule has 0 aliphatic heterocycles. The van der Waals surface area contributed by atoms with E-state index in [1.165, 1.54) is 6.07 Å². The quantitative estimate of drug-likeness (QED) is 0.360. The Morgan fingerprint density at radius 1 is 0.741 bits per heavy atom. The molecule has 0 amide bonds. The number of rotatable bonds is 4.